The molecule has 0 aromatic rings. The average molecular weight is 360 g/mol. The number of allylic oxidation sites excluding steroid dienone is 1. The normalized spacial score (nSPS) is 45.8. The van der Waals surface area contributed by atoms with Crippen molar-refractivity contribution in [2.24, 2.45) is 35.0 Å². The van der Waals surface area contributed by atoms with Gasteiger partial charge in [0.05, 0.1) is 25.7 Å². The lowest BCUT2D eigenvalue weighted by Crippen LogP contribution is -2.65. The van der Waals surface area contributed by atoms with Gasteiger partial charge in [0.2, 0.25) is 0 Å². The topological polar surface area (TPSA) is 44.8 Å². The standard InChI is InChI=1S/C22H32O4/c1-3-24-20(23)17-4-5-18-16(12-17)6-7-21-14(2)10-15(11-19(18)21)13-22(21)25-8-9-26-22/h10,15-19H,3-9,11-13H2,1-2H3/t15?,16-,17+,18-,19?,21?/m0/s1. The molecule has 1 saturated heterocycles. The number of esters is 1. The van der Waals surface area contributed by atoms with Crippen LogP contribution in [0.5, 0.6) is 0 Å². The summed E-state index contributed by atoms with van der Waals surface area (Å²) in [4.78, 5) is 12.3. The predicted octanol–water partition coefficient (Wildman–Crippen LogP) is 4.09. The quantitative estimate of drug-likeness (QED) is 0.549. The maximum atomic E-state index is 12.3. The molecule has 0 radical (unpaired) electrons. The maximum absolute atomic E-state index is 12.3. The van der Waals surface area contributed by atoms with Gasteiger partial charge in [-0.2, -0.15) is 0 Å². The summed E-state index contributed by atoms with van der Waals surface area (Å²) in [5.74, 6) is 2.43. The Balaban J connectivity index is 1.43. The highest BCUT2D eigenvalue weighted by Gasteiger charge is 2.69. The van der Waals surface area contributed by atoms with Gasteiger partial charge in [-0.1, -0.05) is 11.6 Å². The second-order valence-electron chi connectivity index (χ2n) is 9.30. The lowest BCUT2D eigenvalue weighted by Gasteiger charge is -2.65. The molecule has 6 atom stereocenters. The first-order valence-corrected chi connectivity index (χ1v) is 10.7. The molecule has 26 heavy (non-hydrogen) atoms. The minimum atomic E-state index is -0.359. The van der Waals surface area contributed by atoms with Crippen LogP contribution in [-0.4, -0.2) is 31.6 Å². The van der Waals surface area contributed by atoms with Crippen molar-refractivity contribution >= 4 is 5.97 Å². The van der Waals surface area contributed by atoms with Crippen molar-refractivity contribution in [1.29, 1.82) is 0 Å². The van der Waals surface area contributed by atoms with E-state index in [0.29, 0.717) is 30.3 Å². The molecule has 1 aliphatic heterocycles. The molecule has 0 aromatic heterocycles. The second kappa shape index (κ2) is 6.07. The lowest BCUT2D eigenvalue weighted by atomic mass is 9.42. The number of ether oxygens (including phenoxy) is 3. The van der Waals surface area contributed by atoms with Gasteiger partial charge < -0.3 is 14.2 Å². The molecule has 1 heterocycles. The highest BCUT2D eigenvalue weighted by molar-refractivity contribution is 5.72. The molecule has 3 saturated carbocycles. The molecule has 4 heteroatoms. The summed E-state index contributed by atoms with van der Waals surface area (Å²) >= 11 is 0. The van der Waals surface area contributed by atoms with E-state index in [1.165, 1.54) is 18.4 Å². The van der Waals surface area contributed by atoms with Gasteiger partial charge in [0.15, 0.2) is 5.79 Å². The Bertz CT molecular complexity index is 620. The fourth-order valence-electron chi connectivity index (χ4n) is 7.62. The van der Waals surface area contributed by atoms with Crippen LogP contribution in [0.4, 0.5) is 0 Å². The number of carbonyl (C=O) groups excluding carboxylic acids is 1. The van der Waals surface area contributed by atoms with E-state index in [-0.39, 0.29) is 23.1 Å². The first-order chi connectivity index (χ1) is 12.6. The monoisotopic (exact) mass is 360 g/mol. The van der Waals surface area contributed by atoms with Crippen LogP contribution in [0.25, 0.3) is 0 Å². The van der Waals surface area contributed by atoms with Gasteiger partial charge in [-0.25, -0.2) is 0 Å². The van der Waals surface area contributed by atoms with E-state index in [2.05, 4.69) is 13.0 Å². The van der Waals surface area contributed by atoms with Crippen molar-refractivity contribution in [3.8, 4) is 0 Å². The van der Waals surface area contributed by atoms with Gasteiger partial charge in [-0.3, -0.25) is 4.79 Å². The van der Waals surface area contributed by atoms with Crippen LogP contribution in [0.1, 0.15) is 58.8 Å². The Morgan fingerprint density at radius 1 is 1.23 bits per heavy atom. The Hall–Kier alpha value is -0.870. The molecule has 6 aliphatic rings. The van der Waals surface area contributed by atoms with Crippen molar-refractivity contribution in [2.75, 3.05) is 19.8 Å². The molecule has 2 bridgehead atoms. The second-order valence-corrected chi connectivity index (χ2v) is 9.30. The molecule has 4 fully saturated rings. The van der Waals surface area contributed by atoms with Gasteiger partial charge in [-0.05, 0) is 76.0 Å². The fraction of sp³-hybridized carbons (Fsp3) is 0.864. The van der Waals surface area contributed by atoms with Crippen LogP contribution in [0.3, 0.4) is 0 Å². The average Bonchev–Trinajstić information content (AvgIpc) is 3.10. The van der Waals surface area contributed by atoms with E-state index >= 15 is 0 Å². The van der Waals surface area contributed by atoms with Crippen LogP contribution in [0.2, 0.25) is 0 Å². The summed E-state index contributed by atoms with van der Waals surface area (Å²) in [6, 6.07) is 0. The molecular weight excluding hydrogens is 328 g/mol. The minimum Gasteiger partial charge on any atom is -0.466 e. The molecule has 0 aromatic carbocycles. The van der Waals surface area contributed by atoms with Crippen LogP contribution in [0.15, 0.2) is 11.6 Å². The van der Waals surface area contributed by atoms with Gasteiger partial charge in [-0.15, -0.1) is 0 Å². The summed E-state index contributed by atoms with van der Waals surface area (Å²) in [6.45, 7) is 6.22. The third-order valence-electron chi connectivity index (χ3n) is 8.43. The molecule has 0 amide bonds. The van der Waals surface area contributed by atoms with Crippen molar-refractivity contribution in [3.63, 3.8) is 0 Å². The van der Waals surface area contributed by atoms with Gasteiger partial charge in [0.1, 0.15) is 0 Å². The zero-order chi connectivity index (χ0) is 17.9. The number of fused-ring (bicyclic) bond motifs is 1. The van der Waals surface area contributed by atoms with Crippen LogP contribution >= 0.6 is 0 Å². The van der Waals surface area contributed by atoms with Crippen LogP contribution in [0, 0.1) is 35.0 Å². The molecule has 144 valence electrons. The Labute approximate surface area is 156 Å². The van der Waals surface area contributed by atoms with Crippen LogP contribution < -0.4 is 0 Å². The van der Waals surface area contributed by atoms with E-state index in [1.807, 2.05) is 6.92 Å². The van der Waals surface area contributed by atoms with Gasteiger partial charge >= 0.3 is 5.97 Å². The largest absolute Gasteiger partial charge is 0.466 e. The molecule has 6 rings (SSSR count). The van der Waals surface area contributed by atoms with Crippen LogP contribution in [-0.2, 0) is 19.0 Å². The zero-order valence-corrected chi connectivity index (χ0v) is 16.2. The summed E-state index contributed by atoms with van der Waals surface area (Å²) in [5, 5.41) is 0. The highest BCUT2D eigenvalue weighted by Crippen LogP contribution is 2.69. The molecule has 2 spiro atoms. The van der Waals surface area contributed by atoms with E-state index < -0.39 is 0 Å². The molecule has 4 nitrogen and oxygen atoms in total. The molecular formula is C22H32O4. The third kappa shape index (κ3) is 2.18. The van der Waals surface area contributed by atoms with Crippen molar-refractivity contribution in [2.45, 2.75) is 64.6 Å². The van der Waals surface area contributed by atoms with E-state index in [0.717, 1.165) is 45.3 Å². The predicted molar refractivity (Wildman–Crippen MR) is 97.2 cm³/mol. The molecule has 5 aliphatic carbocycles. The first kappa shape index (κ1) is 17.2. The summed E-state index contributed by atoms with van der Waals surface area (Å²) < 4.78 is 18.1. The minimum absolute atomic E-state index is 0.0337. The fourth-order valence-corrected chi connectivity index (χ4v) is 7.62. The van der Waals surface area contributed by atoms with E-state index in [9.17, 15) is 4.79 Å². The lowest BCUT2D eigenvalue weighted by molar-refractivity contribution is -0.294. The van der Waals surface area contributed by atoms with E-state index in [1.54, 1.807) is 0 Å². The SMILES string of the molecule is CCOC(=O)[C@@H]1CC[C@@H]2C3CC4C=C(C)C3(CC[C@H]2C1)C1(C4)OCCO1. The number of carbonyl (C=O) groups is 1. The third-order valence-corrected chi connectivity index (χ3v) is 8.43. The Morgan fingerprint density at radius 2 is 2.04 bits per heavy atom. The number of hydrogen-bond donors (Lipinski definition) is 0. The smallest absolute Gasteiger partial charge is 0.308 e. The van der Waals surface area contributed by atoms with Crippen molar-refractivity contribution < 1.29 is 19.0 Å². The maximum Gasteiger partial charge on any atom is 0.308 e. The van der Waals surface area contributed by atoms with E-state index in [4.69, 9.17) is 14.2 Å². The van der Waals surface area contributed by atoms with Gasteiger partial charge in [0, 0.05) is 11.8 Å². The number of rotatable bonds is 2. The molecule has 3 unspecified atom stereocenters. The Kier molecular flexibility index (Phi) is 4.02. The Morgan fingerprint density at radius 3 is 2.81 bits per heavy atom. The highest BCUT2D eigenvalue weighted by atomic mass is 16.7. The summed E-state index contributed by atoms with van der Waals surface area (Å²) in [6.07, 6.45) is 10.4. The van der Waals surface area contributed by atoms with Crippen molar-refractivity contribution in [1.82, 2.24) is 0 Å². The number of hydrogen-bond acceptors (Lipinski definition) is 4. The first-order valence-electron chi connectivity index (χ1n) is 10.7. The van der Waals surface area contributed by atoms with Crippen molar-refractivity contribution in [3.05, 3.63) is 11.6 Å². The summed E-state index contributed by atoms with van der Waals surface area (Å²) in [7, 11) is 0. The molecule has 0 N–H and O–H groups in total. The zero-order valence-electron chi connectivity index (χ0n) is 16.2. The summed E-state index contributed by atoms with van der Waals surface area (Å²) in [5.41, 5.74) is 1.61. The van der Waals surface area contributed by atoms with Gasteiger partial charge in [0.25, 0.3) is 0 Å².